The summed E-state index contributed by atoms with van der Waals surface area (Å²) in [6.45, 7) is 0. The van der Waals surface area contributed by atoms with E-state index in [1.807, 2.05) is 36.4 Å². The van der Waals surface area contributed by atoms with Crippen LogP contribution in [0.25, 0.3) is 0 Å². The molecule has 0 aliphatic heterocycles. The molecule has 0 spiro atoms. The lowest BCUT2D eigenvalue weighted by Crippen LogP contribution is -2.33. The highest BCUT2D eigenvalue weighted by atomic mass is 16.3. The fourth-order valence-electron chi connectivity index (χ4n) is 9.38. The Morgan fingerprint density at radius 1 is 0.468 bits per heavy atom. The molecule has 4 aromatic rings. The number of hydrogen-bond donors (Lipinski definition) is 4. The molecule has 4 aromatic carbocycles. The normalized spacial score (nSPS) is 22.3. The van der Waals surface area contributed by atoms with E-state index in [0.717, 1.165) is 42.7 Å². The van der Waals surface area contributed by atoms with E-state index in [1.54, 1.807) is 36.4 Å². The molecule has 2 atom stereocenters. The van der Waals surface area contributed by atoms with Crippen molar-refractivity contribution in [2.24, 2.45) is 11.8 Å². The van der Waals surface area contributed by atoms with Gasteiger partial charge in [0.05, 0.1) is 0 Å². The summed E-state index contributed by atoms with van der Waals surface area (Å²) in [6.07, 6.45) is 18.4. The maximum atomic E-state index is 10.7. The zero-order valence-electron chi connectivity index (χ0n) is 27.8. The first-order valence-electron chi connectivity index (χ1n) is 18.1. The van der Waals surface area contributed by atoms with Gasteiger partial charge in [-0.1, -0.05) is 125 Å². The van der Waals surface area contributed by atoms with Gasteiger partial charge in [0, 0.05) is 22.0 Å². The van der Waals surface area contributed by atoms with Crippen LogP contribution in [0.2, 0.25) is 0 Å². The molecular formula is C43H52O4. The summed E-state index contributed by atoms with van der Waals surface area (Å²) in [4.78, 5) is 0. The molecule has 0 heterocycles. The molecule has 4 heteroatoms. The van der Waals surface area contributed by atoms with Gasteiger partial charge >= 0.3 is 0 Å². The Morgan fingerprint density at radius 3 is 1.28 bits per heavy atom. The van der Waals surface area contributed by atoms with Crippen molar-refractivity contribution in [2.45, 2.75) is 107 Å². The van der Waals surface area contributed by atoms with Crippen molar-refractivity contribution in [3.05, 3.63) is 119 Å². The van der Waals surface area contributed by atoms with E-state index >= 15 is 0 Å². The first-order chi connectivity index (χ1) is 22.9. The molecule has 3 aliphatic rings. The molecular weight excluding hydrogens is 580 g/mol. The molecule has 4 N–H and O–H groups in total. The number of para-hydroxylation sites is 2. The summed E-state index contributed by atoms with van der Waals surface area (Å²) < 4.78 is 0. The number of hydrogen-bond acceptors (Lipinski definition) is 4. The van der Waals surface area contributed by atoms with E-state index in [1.165, 1.54) is 81.8 Å². The maximum absolute atomic E-state index is 10.7. The Labute approximate surface area is 281 Å². The lowest BCUT2D eigenvalue weighted by Gasteiger charge is -2.39. The van der Waals surface area contributed by atoms with Crippen LogP contribution in [-0.2, 0) is 10.8 Å². The van der Waals surface area contributed by atoms with Crippen LogP contribution in [0.1, 0.15) is 119 Å². The second kappa shape index (κ2) is 14.9. The van der Waals surface area contributed by atoms with Gasteiger partial charge in [-0.2, -0.15) is 0 Å². The summed E-state index contributed by atoms with van der Waals surface area (Å²) >= 11 is 0. The average molecular weight is 633 g/mol. The van der Waals surface area contributed by atoms with Gasteiger partial charge in [0.2, 0.25) is 0 Å². The van der Waals surface area contributed by atoms with Gasteiger partial charge in [-0.25, -0.2) is 0 Å². The minimum atomic E-state index is -0.310. The van der Waals surface area contributed by atoms with Crippen molar-refractivity contribution in [1.82, 2.24) is 0 Å². The standard InChI is InChI=1S/C24H32O2.C19H20O2/c25-22-16-10-8-14-20(22)24(21-15-9-11-17-23(21)26)18-12-6-4-2-1-3-5-7-13-19-24;20-17-7-3-14(4-8-17)19(12-13-1-2-16(19)11-13)15-5-9-18(21)10-6-15/h8-11,14-17,25-26H,1-7,12-13,18-19H2;3-10,13,16,20-21H,1-2,11-12H2. The highest BCUT2D eigenvalue weighted by Crippen LogP contribution is 2.60. The van der Waals surface area contributed by atoms with Gasteiger partial charge < -0.3 is 20.4 Å². The topological polar surface area (TPSA) is 80.9 Å². The Bertz CT molecular complexity index is 1470. The molecule has 7 rings (SSSR count). The van der Waals surface area contributed by atoms with Crippen LogP contribution in [0.3, 0.4) is 0 Å². The fourth-order valence-corrected chi connectivity index (χ4v) is 9.38. The Hall–Kier alpha value is -3.92. The number of benzene rings is 4. The van der Waals surface area contributed by atoms with Crippen LogP contribution < -0.4 is 0 Å². The highest BCUT2D eigenvalue weighted by molar-refractivity contribution is 5.51. The quantitative estimate of drug-likeness (QED) is 0.180. The number of phenols is 4. The molecule has 248 valence electrons. The molecule has 0 aromatic heterocycles. The third-order valence-electron chi connectivity index (χ3n) is 11.7. The molecule has 47 heavy (non-hydrogen) atoms. The third-order valence-corrected chi connectivity index (χ3v) is 11.7. The minimum absolute atomic E-state index is 0.0598. The monoisotopic (exact) mass is 632 g/mol. The van der Waals surface area contributed by atoms with Gasteiger partial charge in [0.15, 0.2) is 0 Å². The van der Waals surface area contributed by atoms with Gasteiger partial charge in [0.25, 0.3) is 0 Å². The zero-order valence-corrected chi connectivity index (χ0v) is 27.8. The van der Waals surface area contributed by atoms with Crippen LogP contribution >= 0.6 is 0 Å². The molecule has 0 radical (unpaired) electrons. The third kappa shape index (κ3) is 7.03. The van der Waals surface area contributed by atoms with E-state index in [0.29, 0.717) is 28.9 Å². The van der Waals surface area contributed by atoms with Gasteiger partial charge in [0.1, 0.15) is 23.0 Å². The Morgan fingerprint density at radius 2 is 0.894 bits per heavy atom. The lowest BCUT2D eigenvalue weighted by atomic mass is 9.64. The largest absolute Gasteiger partial charge is 0.508 e. The first kappa shape index (κ1) is 33.0. The molecule has 0 saturated heterocycles. The van der Waals surface area contributed by atoms with E-state index < -0.39 is 0 Å². The van der Waals surface area contributed by atoms with Crippen molar-refractivity contribution in [3.8, 4) is 23.0 Å². The molecule has 2 unspecified atom stereocenters. The maximum Gasteiger partial charge on any atom is 0.119 e. The van der Waals surface area contributed by atoms with Crippen molar-refractivity contribution < 1.29 is 20.4 Å². The molecule has 3 saturated carbocycles. The molecule has 0 amide bonds. The van der Waals surface area contributed by atoms with Crippen molar-refractivity contribution in [1.29, 1.82) is 0 Å². The van der Waals surface area contributed by atoms with E-state index in [9.17, 15) is 20.4 Å². The smallest absolute Gasteiger partial charge is 0.119 e. The Balaban J connectivity index is 0.000000168. The predicted molar refractivity (Wildman–Crippen MR) is 190 cm³/mol. The van der Waals surface area contributed by atoms with Crippen LogP contribution in [0, 0.1) is 11.8 Å². The van der Waals surface area contributed by atoms with Crippen LogP contribution in [0.15, 0.2) is 97.1 Å². The van der Waals surface area contributed by atoms with Crippen LogP contribution in [0.5, 0.6) is 23.0 Å². The van der Waals surface area contributed by atoms with Crippen molar-refractivity contribution >= 4 is 0 Å². The minimum Gasteiger partial charge on any atom is -0.508 e. The Kier molecular flexibility index (Phi) is 10.4. The van der Waals surface area contributed by atoms with Gasteiger partial charge in [-0.3, -0.25) is 0 Å². The second-order valence-corrected chi connectivity index (χ2v) is 14.4. The molecule has 4 nitrogen and oxygen atoms in total. The summed E-state index contributed by atoms with van der Waals surface area (Å²) in [5, 5.41) is 40.6. The average Bonchev–Trinajstić information content (AvgIpc) is 3.70. The summed E-state index contributed by atoms with van der Waals surface area (Å²) in [6, 6.07) is 30.9. The number of fused-ring (bicyclic) bond motifs is 2. The van der Waals surface area contributed by atoms with E-state index in [4.69, 9.17) is 0 Å². The molecule has 3 fully saturated rings. The predicted octanol–water partition coefficient (Wildman–Crippen LogP) is 10.9. The lowest BCUT2D eigenvalue weighted by molar-refractivity contribution is 0.319. The highest BCUT2D eigenvalue weighted by Gasteiger charge is 2.52. The van der Waals surface area contributed by atoms with Crippen molar-refractivity contribution in [3.63, 3.8) is 0 Å². The molecule has 3 aliphatic carbocycles. The van der Waals surface area contributed by atoms with Crippen LogP contribution in [0.4, 0.5) is 0 Å². The van der Waals surface area contributed by atoms with Gasteiger partial charge in [-0.05, 0) is 91.5 Å². The van der Waals surface area contributed by atoms with Gasteiger partial charge in [-0.15, -0.1) is 0 Å². The fraction of sp³-hybridized carbons (Fsp3) is 0.442. The number of rotatable bonds is 4. The van der Waals surface area contributed by atoms with Crippen LogP contribution in [-0.4, -0.2) is 20.4 Å². The van der Waals surface area contributed by atoms with E-state index in [-0.39, 0.29) is 10.8 Å². The second-order valence-electron chi connectivity index (χ2n) is 14.4. The SMILES string of the molecule is Oc1ccc(C2(c3ccc(O)cc3)CC3CCC2C3)cc1.Oc1ccccc1C1(c2ccccc2O)CCCCCCCCCCC1. The first-order valence-corrected chi connectivity index (χ1v) is 18.1. The number of phenolic OH excluding ortho intramolecular Hbond substituents is 4. The number of aromatic hydroxyl groups is 4. The summed E-state index contributed by atoms with van der Waals surface area (Å²) in [5.74, 6) is 2.84. The van der Waals surface area contributed by atoms with Crippen molar-refractivity contribution in [2.75, 3.05) is 0 Å². The van der Waals surface area contributed by atoms with E-state index in [2.05, 4.69) is 24.3 Å². The molecule has 2 bridgehead atoms. The summed E-state index contributed by atoms with van der Waals surface area (Å²) in [5.41, 5.74) is 4.30. The summed E-state index contributed by atoms with van der Waals surface area (Å²) in [7, 11) is 0. The zero-order chi connectivity index (χ0) is 32.7.